The summed E-state index contributed by atoms with van der Waals surface area (Å²) in [5.41, 5.74) is 0. The molecule has 0 bridgehead atoms. The van der Waals surface area contributed by atoms with Gasteiger partial charge < -0.3 is 4.90 Å². The molecule has 1 N–H and O–H groups in total. The Kier molecular flexibility index (Phi) is 3.71. The van der Waals surface area contributed by atoms with Crippen molar-refractivity contribution in [1.29, 1.82) is 0 Å². The van der Waals surface area contributed by atoms with E-state index in [9.17, 15) is 4.79 Å². The Balaban J connectivity index is 1.97. The van der Waals surface area contributed by atoms with E-state index in [0.29, 0.717) is 5.92 Å². The Morgan fingerprint density at radius 2 is 2.24 bits per heavy atom. The van der Waals surface area contributed by atoms with Crippen LogP contribution in [0.15, 0.2) is 0 Å². The molecule has 2 rings (SSSR count). The molecule has 1 aromatic rings. The highest BCUT2D eigenvalue weighted by Gasteiger charge is 2.24. The third-order valence-electron chi connectivity index (χ3n) is 3.54. The average molecular weight is 237 g/mol. The topological polar surface area (TPSA) is 74.8 Å². The fourth-order valence-electron chi connectivity index (χ4n) is 2.39. The van der Waals surface area contributed by atoms with Crippen LogP contribution in [-0.4, -0.2) is 44.5 Å². The van der Waals surface area contributed by atoms with E-state index in [1.807, 2.05) is 4.90 Å². The fraction of sp³-hybridized carbons (Fsp3) is 0.818. The standard InChI is InChI=1S/C11H19N5O/c1-8(2)9-4-3-6-16(7-5-9)11(17)10-12-14-15-13-10/h8-9H,3-7H2,1-2H3,(H,12,13,14,15). The van der Waals surface area contributed by atoms with E-state index in [2.05, 4.69) is 34.5 Å². The van der Waals surface area contributed by atoms with Gasteiger partial charge in [-0.25, -0.2) is 0 Å². The SMILES string of the molecule is CC(C)C1CCCN(C(=O)c2nn[nH]n2)CC1. The Morgan fingerprint density at radius 1 is 1.41 bits per heavy atom. The third-order valence-corrected chi connectivity index (χ3v) is 3.54. The minimum atomic E-state index is -0.108. The van der Waals surface area contributed by atoms with Crippen LogP contribution in [0.4, 0.5) is 0 Å². The molecule has 0 aromatic carbocycles. The first kappa shape index (κ1) is 12.0. The van der Waals surface area contributed by atoms with Crippen molar-refractivity contribution in [2.45, 2.75) is 33.1 Å². The van der Waals surface area contributed by atoms with Crippen molar-refractivity contribution in [1.82, 2.24) is 25.5 Å². The quantitative estimate of drug-likeness (QED) is 0.835. The third kappa shape index (κ3) is 2.81. The lowest BCUT2D eigenvalue weighted by Gasteiger charge is -2.20. The van der Waals surface area contributed by atoms with Gasteiger partial charge in [0.1, 0.15) is 0 Å². The molecule has 0 saturated carbocycles. The summed E-state index contributed by atoms with van der Waals surface area (Å²) in [7, 11) is 0. The van der Waals surface area contributed by atoms with Crippen molar-refractivity contribution >= 4 is 5.91 Å². The minimum absolute atomic E-state index is 0.108. The number of amides is 1. The van der Waals surface area contributed by atoms with Crippen molar-refractivity contribution in [3.63, 3.8) is 0 Å². The number of likely N-dealkylation sites (tertiary alicyclic amines) is 1. The Hall–Kier alpha value is -1.46. The first-order valence-electron chi connectivity index (χ1n) is 6.21. The van der Waals surface area contributed by atoms with Gasteiger partial charge >= 0.3 is 0 Å². The normalized spacial score (nSPS) is 21.6. The lowest BCUT2D eigenvalue weighted by molar-refractivity contribution is 0.0746. The number of rotatable bonds is 2. The molecule has 0 spiro atoms. The first-order chi connectivity index (χ1) is 8.18. The molecule has 1 fully saturated rings. The number of nitrogens with zero attached hydrogens (tertiary/aromatic N) is 4. The number of carbonyl (C=O) groups is 1. The van der Waals surface area contributed by atoms with Gasteiger partial charge in [-0.2, -0.15) is 5.21 Å². The summed E-state index contributed by atoms with van der Waals surface area (Å²) in [6.45, 7) is 6.11. The van der Waals surface area contributed by atoms with Crippen LogP contribution in [0.2, 0.25) is 0 Å². The molecule has 0 radical (unpaired) electrons. The van der Waals surface area contributed by atoms with E-state index in [4.69, 9.17) is 0 Å². The van der Waals surface area contributed by atoms with Gasteiger partial charge in [0.05, 0.1) is 0 Å². The molecule has 0 aliphatic carbocycles. The highest BCUT2D eigenvalue weighted by molar-refractivity contribution is 5.90. The van der Waals surface area contributed by atoms with Gasteiger partial charge in [-0.3, -0.25) is 4.79 Å². The maximum Gasteiger partial charge on any atom is 0.295 e. The summed E-state index contributed by atoms with van der Waals surface area (Å²) in [4.78, 5) is 13.9. The second kappa shape index (κ2) is 5.25. The monoisotopic (exact) mass is 237 g/mol. The van der Waals surface area contributed by atoms with Crippen molar-refractivity contribution in [2.24, 2.45) is 11.8 Å². The van der Waals surface area contributed by atoms with Gasteiger partial charge in [-0.1, -0.05) is 13.8 Å². The molecule has 1 aliphatic heterocycles. The molecule has 1 aliphatic rings. The molecule has 2 heterocycles. The van der Waals surface area contributed by atoms with Crippen LogP contribution in [0, 0.1) is 11.8 Å². The van der Waals surface area contributed by atoms with Crippen LogP contribution >= 0.6 is 0 Å². The second-order valence-corrected chi connectivity index (χ2v) is 4.96. The van der Waals surface area contributed by atoms with E-state index in [1.54, 1.807) is 0 Å². The summed E-state index contributed by atoms with van der Waals surface area (Å²) in [6, 6.07) is 0. The van der Waals surface area contributed by atoms with Gasteiger partial charge in [-0.05, 0) is 36.3 Å². The Morgan fingerprint density at radius 3 is 2.88 bits per heavy atom. The number of aromatic nitrogens is 4. The highest BCUT2D eigenvalue weighted by atomic mass is 16.2. The molecule has 94 valence electrons. The maximum atomic E-state index is 12.0. The summed E-state index contributed by atoms with van der Waals surface area (Å²) in [5.74, 6) is 1.48. The maximum absolute atomic E-state index is 12.0. The molecular weight excluding hydrogens is 218 g/mol. The summed E-state index contributed by atoms with van der Waals surface area (Å²) < 4.78 is 0. The van der Waals surface area contributed by atoms with E-state index >= 15 is 0 Å². The number of carbonyl (C=O) groups excluding carboxylic acids is 1. The summed E-state index contributed by atoms with van der Waals surface area (Å²) >= 11 is 0. The number of hydrogen-bond donors (Lipinski definition) is 1. The van der Waals surface area contributed by atoms with Crippen LogP contribution in [0.1, 0.15) is 43.7 Å². The molecule has 1 unspecified atom stereocenters. The van der Waals surface area contributed by atoms with Gasteiger partial charge in [0, 0.05) is 13.1 Å². The average Bonchev–Trinajstić information content (AvgIpc) is 2.71. The second-order valence-electron chi connectivity index (χ2n) is 4.96. The molecule has 1 aromatic heterocycles. The summed E-state index contributed by atoms with van der Waals surface area (Å²) in [6.07, 6.45) is 3.33. The zero-order valence-electron chi connectivity index (χ0n) is 10.4. The number of tetrazole rings is 1. The zero-order chi connectivity index (χ0) is 12.3. The predicted molar refractivity (Wildman–Crippen MR) is 62.3 cm³/mol. The zero-order valence-corrected chi connectivity index (χ0v) is 10.4. The predicted octanol–water partition coefficient (Wildman–Crippen LogP) is 1.10. The van der Waals surface area contributed by atoms with E-state index in [1.165, 1.54) is 6.42 Å². The highest BCUT2D eigenvalue weighted by Crippen LogP contribution is 2.24. The largest absolute Gasteiger partial charge is 0.336 e. The first-order valence-corrected chi connectivity index (χ1v) is 6.21. The Labute approximate surface area is 101 Å². The van der Waals surface area contributed by atoms with Crippen LogP contribution in [0.3, 0.4) is 0 Å². The molecule has 6 nitrogen and oxygen atoms in total. The van der Waals surface area contributed by atoms with Crippen LogP contribution in [0.5, 0.6) is 0 Å². The molecule has 1 amide bonds. The fourth-order valence-corrected chi connectivity index (χ4v) is 2.39. The van der Waals surface area contributed by atoms with Crippen molar-refractivity contribution < 1.29 is 4.79 Å². The molecule has 1 atom stereocenters. The summed E-state index contributed by atoms with van der Waals surface area (Å²) in [5, 5.41) is 13.2. The van der Waals surface area contributed by atoms with Crippen molar-refractivity contribution in [2.75, 3.05) is 13.1 Å². The number of aromatic amines is 1. The smallest absolute Gasteiger partial charge is 0.295 e. The van der Waals surface area contributed by atoms with Crippen LogP contribution < -0.4 is 0 Å². The lowest BCUT2D eigenvalue weighted by atomic mass is 9.89. The Bertz CT molecular complexity index is 362. The van der Waals surface area contributed by atoms with Crippen LogP contribution in [0.25, 0.3) is 0 Å². The van der Waals surface area contributed by atoms with Gasteiger partial charge in [-0.15, -0.1) is 10.2 Å². The van der Waals surface area contributed by atoms with Gasteiger partial charge in [0.25, 0.3) is 11.7 Å². The van der Waals surface area contributed by atoms with Crippen molar-refractivity contribution in [3.8, 4) is 0 Å². The number of H-pyrrole nitrogens is 1. The van der Waals surface area contributed by atoms with Crippen molar-refractivity contribution in [3.05, 3.63) is 5.82 Å². The molecule has 17 heavy (non-hydrogen) atoms. The van der Waals surface area contributed by atoms with E-state index in [0.717, 1.165) is 31.8 Å². The lowest BCUT2D eigenvalue weighted by Crippen LogP contribution is -2.33. The molecular formula is C11H19N5O. The van der Waals surface area contributed by atoms with Crippen LogP contribution in [-0.2, 0) is 0 Å². The number of nitrogens with one attached hydrogen (secondary N) is 1. The van der Waals surface area contributed by atoms with E-state index in [-0.39, 0.29) is 11.7 Å². The molecule has 6 heteroatoms. The van der Waals surface area contributed by atoms with Gasteiger partial charge in [0.15, 0.2) is 0 Å². The minimum Gasteiger partial charge on any atom is -0.336 e. The van der Waals surface area contributed by atoms with Gasteiger partial charge in [0.2, 0.25) is 0 Å². The molecule has 1 saturated heterocycles. The van der Waals surface area contributed by atoms with E-state index < -0.39 is 0 Å². The number of hydrogen-bond acceptors (Lipinski definition) is 4.